The number of carbonyl (C=O) groups excluding carboxylic acids is 1. The van der Waals surface area contributed by atoms with Crippen LogP contribution in [-0.2, 0) is 27.7 Å². The molecule has 2 rings (SSSR count). The van der Waals surface area contributed by atoms with Crippen LogP contribution in [0.5, 0.6) is 0 Å². The Morgan fingerprint density at radius 2 is 2.29 bits per heavy atom. The van der Waals surface area contributed by atoms with Crippen molar-refractivity contribution in [2.24, 2.45) is 0 Å². The molecule has 1 aliphatic rings. The topological polar surface area (TPSA) is 90.3 Å². The fourth-order valence-electron chi connectivity index (χ4n) is 1.75. The van der Waals surface area contributed by atoms with E-state index in [1.165, 1.54) is 17.6 Å². The highest BCUT2D eigenvalue weighted by atomic mass is 32.3. The Balaban J connectivity index is 2.24. The van der Waals surface area contributed by atoms with E-state index in [1.807, 2.05) is 4.57 Å². The summed E-state index contributed by atoms with van der Waals surface area (Å²) in [5.74, 6) is 0.332. The van der Waals surface area contributed by atoms with Crippen LogP contribution in [0.4, 0.5) is 0 Å². The summed E-state index contributed by atoms with van der Waals surface area (Å²) in [7, 11) is -1.67. The number of carbonyl (C=O) groups is 1. The molecule has 0 aliphatic carbocycles. The average Bonchev–Trinajstić information content (AvgIpc) is 2.69. The maximum absolute atomic E-state index is 11.4. The van der Waals surface area contributed by atoms with Gasteiger partial charge in [-0.1, -0.05) is 4.21 Å². The van der Waals surface area contributed by atoms with E-state index in [9.17, 15) is 13.6 Å². The summed E-state index contributed by atoms with van der Waals surface area (Å²) in [5, 5.41) is 2.49. The van der Waals surface area contributed by atoms with E-state index in [-0.39, 0.29) is 12.5 Å². The number of amides is 1. The number of hydrogen-bond acceptors (Lipinski definition) is 4. The summed E-state index contributed by atoms with van der Waals surface area (Å²) in [4.78, 5) is 15.5. The zero-order valence-electron chi connectivity index (χ0n) is 9.67. The van der Waals surface area contributed by atoms with Crippen LogP contribution in [0.1, 0.15) is 16.3 Å². The summed E-state index contributed by atoms with van der Waals surface area (Å²) in [6.45, 7) is 1.15. The lowest BCUT2D eigenvalue weighted by Gasteiger charge is -2.28. The van der Waals surface area contributed by atoms with Gasteiger partial charge in [-0.25, -0.2) is 4.98 Å². The Bertz CT molecular complexity index is 492. The molecule has 1 N–H and O–H groups in total. The van der Waals surface area contributed by atoms with Crippen LogP contribution in [0.15, 0.2) is 6.20 Å². The second kappa shape index (κ2) is 4.21. The number of nitrogens with one attached hydrogen (secondary N) is 1. The normalized spacial score (nSPS) is 19.5. The van der Waals surface area contributed by atoms with Gasteiger partial charge in [0.05, 0.1) is 6.54 Å². The highest BCUT2D eigenvalue weighted by Gasteiger charge is 2.28. The van der Waals surface area contributed by atoms with Crippen molar-refractivity contribution in [3.8, 4) is 0 Å². The molecule has 17 heavy (non-hydrogen) atoms. The molecule has 2 heterocycles. The van der Waals surface area contributed by atoms with Gasteiger partial charge in [0.1, 0.15) is 34.7 Å². The number of rotatable bonds is 2. The number of hydrogen-bond donors (Lipinski definition) is 1. The molecule has 1 amide bonds. The number of sulfonamides is 1. The first-order valence-electron chi connectivity index (χ1n) is 5.15. The van der Waals surface area contributed by atoms with E-state index < -0.39 is 10.4 Å². The van der Waals surface area contributed by atoms with E-state index >= 15 is 0 Å². The predicted octanol–water partition coefficient (Wildman–Crippen LogP) is -0.767. The SMILES string of the molecule is CNC(=O)c1cn2c(n1)CN([S+](C)(=O)[O-])CC2. The molecule has 0 saturated heterocycles. The predicted molar refractivity (Wildman–Crippen MR) is 60.8 cm³/mol. The highest BCUT2D eigenvalue weighted by Crippen LogP contribution is 2.17. The summed E-state index contributed by atoms with van der Waals surface area (Å²) in [6, 6.07) is 0. The molecule has 1 aromatic rings. The first-order chi connectivity index (χ1) is 7.91. The maximum Gasteiger partial charge on any atom is 0.271 e. The molecule has 1 atom stereocenters. The third-order valence-corrected chi connectivity index (χ3v) is 3.95. The molecule has 1 aliphatic heterocycles. The zero-order chi connectivity index (χ0) is 12.6. The maximum atomic E-state index is 11.4. The Kier molecular flexibility index (Phi) is 3.02. The lowest BCUT2D eigenvalue weighted by Crippen LogP contribution is -2.41. The summed E-state index contributed by atoms with van der Waals surface area (Å²) in [5.41, 5.74) is 0.317. The van der Waals surface area contributed by atoms with Crippen molar-refractivity contribution in [2.75, 3.05) is 19.8 Å². The molecule has 0 aromatic carbocycles. The quantitative estimate of drug-likeness (QED) is 0.705. The number of nitrogens with zero attached hydrogens (tertiary/aromatic N) is 3. The van der Waals surface area contributed by atoms with Crippen molar-refractivity contribution in [3.05, 3.63) is 17.7 Å². The fourth-order valence-corrected chi connectivity index (χ4v) is 2.51. The number of fused-ring (bicyclic) bond motifs is 1. The largest absolute Gasteiger partial charge is 0.598 e. The van der Waals surface area contributed by atoms with Crippen LogP contribution < -0.4 is 5.32 Å². The standard InChI is InChI=1S/C9H14N4O3S/c1-10-9(14)7-5-12-3-4-13(17(2,15)16)6-8(12)11-7/h5H,3-4,6H2,1-2H3,(H-,10,14,15,16). The van der Waals surface area contributed by atoms with Gasteiger partial charge in [0.15, 0.2) is 0 Å². The first-order valence-corrected chi connectivity index (χ1v) is 7.00. The van der Waals surface area contributed by atoms with Crippen LogP contribution in [0.25, 0.3) is 0 Å². The Morgan fingerprint density at radius 3 is 2.88 bits per heavy atom. The lowest BCUT2D eigenvalue weighted by molar-refractivity contribution is 0.0958. The summed E-state index contributed by atoms with van der Waals surface area (Å²) >= 11 is 0. The molecule has 0 fully saturated rings. The van der Waals surface area contributed by atoms with Gasteiger partial charge in [-0.3, -0.25) is 4.79 Å². The van der Waals surface area contributed by atoms with E-state index in [4.69, 9.17) is 0 Å². The average molecular weight is 258 g/mol. The van der Waals surface area contributed by atoms with Gasteiger partial charge in [-0.2, -0.15) is 0 Å². The first kappa shape index (κ1) is 12.2. The molecular formula is C9H14N4O3S. The molecule has 0 bridgehead atoms. The lowest BCUT2D eigenvalue weighted by atomic mass is 10.4. The van der Waals surface area contributed by atoms with Crippen LogP contribution in [0.3, 0.4) is 0 Å². The van der Waals surface area contributed by atoms with Crippen LogP contribution in [0, 0.1) is 0 Å². The third kappa shape index (κ3) is 2.38. The second-order valence-corrected chi connectivity index (χ2v) is 5.89. The van der Waals surface area contributed by atoms with Crippen molar-refractivity contribution >= 4 is 16.3 Å². The van der Waals surface area contributed by atoms with Crippen molar-refractivity contribution in [1.82, 2.24) is 19.2 Å². The van der Waals surface area contributed by atoms with Crippen LogP contribution in [-0.4, -0.2) is 44.2 Å². The molecule has 94 valence electrons. The fraction of sp³-hybridized carbons (Fsp3) is 0.556. The van der Waals surface area contributed by atoms with E-state index in [0.717, 1.165) is 0 Å². The minimum Gasteiger partial charge on any atom is -0.598 e. The molecule has 1 aromatic heterocycles. The molecule has 8 heteroatoms. The zero-order valence-corrected chi connectivity index (χ0v) is 10.5. The molecular weight excluding hydrogens is 244 g/mol. The molecule has 0 radical (unpaired) electrons. The van der Waals surface area contributed by atoms with E-state index in [1.54, 1.807) is 6.20 Å². The minimum absolute atomic E-state index is 0.218. The monoisotopic (exact) mass is 258 g/mol. The Morgan fingerprint density at radius 1 is 1.59 bits per heavy atom. The van der Waals surface area contributed by atoms with Crippen LogP contribution >= 0.6 is 0 Å². The van der Waals surface area contributed by atoms with E-state index in [2.05, 4.69) is 10.3 Å². The van der Waals surface area contributed by atoms with Crippen LogP contribution in [0.2, 0.25) is 0 Å². The molecule has 1 unspecified atom stereocenters. The van der Waals surface area contributed by atoms with Crippen molar-refractivity contribution < 1.29 is 13.6 Å². The van der Waals surface area contributed by atoms with Gasteiger partial charge >= 0.3 is 0 Å². The number of aromatic nitrogens is 2. The second-order valence-electron chi connectivity index (χ2n) is 3.91. The van der Waals surface area contributed by atoms with E-state index in [0.29, 0.717) is 24.6 Å². The molecule has 0 spiro atoms. The Hall–Kier alpha value is -1.25. The highest BCUT2D eigenvalue weighted by molar-refractivity contribution is 7.94. The van der Waals surface area contributed by atoms with Gasteiger partial charge in [0.2, 0.25) is 0 Å². The number of imidazole rings is 1. The molecule has 7 nitrogen and oxygen atoms in total. The smallest absolute Gasteiger partial charge is 0.271 e. The van der Waals surface area contributed by atoms with Gasteiger partial charge in [-0.15, -0.1) is 4.31 Å². The van der Waals surface area contributed by atoms with Crippen molar-refractivity contribution in [2.45, 2.75) is 13.1 Å². The van der Waals surface area contributed by atoms with Gasteiger partial charge in [0.25, 0.3) is 5.91 Å². The minimum atomic E-state index is -3.21. The van der Waals surface area contributed by atoms with Gasteiger partial charge in [0, 0.05) is 19.8 Å². The van der Waals surface area contributed by atoms with Gasteiger partial charge < -0.3 is 14.4 Å². The van der Waals surface area contributed by atoms with Gasteiger partial charge in [-0.05, 0) is 0 Å². The summed E-state index contributed by atoms with van der Waals surface area (Å²) in [6.07, 6.45) is 2.82. The third-order valence-electron chi connectivity index (χ3n) is 2.70. The Labute approximate surface area is 100 Å². The summed E-state index contributed by atoms with van der Waals surface area (Å²) < 4.78 is 26.0. The molecule has 0 saturated carbocycles. The van der Waals surface area contributed by atoms with Crippen molar-refractivity contribution in [1.29, 1.82) is 0 Å². The van der Waals surface area contributed by atoms with Crippen molar-refractivity contribution in [3.63, 3.8) is 0 Å².